The highest BCUT2D eigenvalue weighted by molar-refractivity contribution is 5.92. The average Bonchev–Trinajstić information content (AvgIpc) is 3.67. The topological polar surface area (TPSA) is 253 Å². The number of nitrogens with one attached hydrogen (secondary N) is 1. The molecule has 18 atom stereocenters. The van der Waals surface area contributed by atoms with Crippen molar-refractivity contribution in [1.82, 2.24) is 19.7 Å². The molecule has 4 fully saturated rings. The molecule has 434 valence electrons. The van der Waals surface area contributed by atoms with Gasteiger partial charge in [-0.3, -0.25) is 19.3 Å². The average molecular weight is 1090 g/mol. The molecule has 0 bridgehead atoms. The van der Waals surface area contributed by atoms with Gasteiger partial charge in [-0.25, -0.2) is 9.59 Å². The lowest BCUT2D eigenvalue weighted by Crippen LogP contribution is -2.61. The van der Waals surface area contributed by atoms with Crippen LogP contribution in [0, 0.1) is 17.8 Å². The summed E-state index contributed by atoms with van der Waals surface area (Å²) < 4.78 is 58.6. The van der Waals surface area contributed by atoms with Crippen LogP contribution in [0.15, 0.2) is 29.2 Å². The monoisotopic (exact) mass is 1090 g/mol. The number of carboxylic acid groups (broad SMARTS) is 1. The SMILES string of the molecule is CC[C@@H]1OC(=O)[C@H](C)[C@@H](O[C@H]2CC(C)(OC)[C@@H](OC(=O)CCNCCCc3ccc4c(c3)c(=O)c(C(=O)O)cn4C)[C@H](C)O2)[C@@H](C)[C@@H](OC2O[C@H](C)C[C@H](N(C)C)[C@@H]2O)C(C)(O)C[C@@H](C)CN(C)[C@H](C)C2OC(=O)OC21C. The van der Waals surface area contributed by atoms with Gasteiger partial charge in [0.15, 0.2) is 30.4 Å². The number of aliphatic hydroxyl groups excluding tert-OH is 1. The first-order valence-electron chi connectivity index (χ1n) is 27.4. The van der Waals surface area contributed by atoms with Gasteiger partial charge < -0.3 is 72.7 Å². The molecule has 21 nitrogen and oxygen atoms in total. The maximum Gasteiger partial charge on any atom is 0.509 e. The summed E-state index contributed by atoms with van der Waals surface area (Å²) in [5.74, 6) is -4.51. The fourth-order valence-electron chi connectivity index (χ4n) is 12.3. The number of rotatable bonds is 16. The second-order valence-corrected chi connectivity index (χ2v) is 23.3. The number of methoxy groups -OCH3 is 1. The molecule has 0 amide bonds. The molecule has 4 aliphatic rings. The van der Waals surface area contributed by atoms with Gasteiger partial charge in [0.05, 0.1) is 47.9 Å². The van der Waals surface area contributed by atoms with Gasteiger partial charge in [-0.2, -0.15) is 0 Å². The van der Waals surface area contributed by atoms with Gasteiger partial charge in [0, 0.05) is 63.3 Å². The molecule has 0 aliphatic carbocycles. The van der Waals surface area contributed by atoms with Crippen molar-refractivity contribution in [2.24, 2.45) is 24.8 Å². The Morgan fingerprint density at radius 2 is 1.65 bits per heavy atom. The van der Waals surface area contributed by atoms with Crippen LogP contribution in [0.4, 0.5) is 4.79 Å². The number of likely N-dealkylation sites (N-methyl/N-ethyl adjacent to an activating group) is 2. The van der Waals surface area contributed by atoms with Gasteiger partial charge in [-0.1, -0.05) is 26.8 Å². The number of aryl methyl sites for hydroxylation is 2. The van der Waals surface area contributed by atoms with Crippen molar-refractivity contribution in [3.63, 3.8) is 0 Å². The number of aromatic nitrogens is 1. The number of ether oxygens (including phenoxy) is 9. The Balaban J connectivity index is 1.20. The Labute approximate surface area is 453 Å². The second-order valence-electron chi connectivity index (χ2n) is 23.3. The van der Waals surface area contributed by atoms with Gasteiger partial charge in [0.1, 0.15) is 23.4 Å². The van der Waals surface area contributed by atoms with Crippen LogP contribution in [0.3, 0.4) is 0 Å². The van der Waals surface area contributed by atoms with Crippen LogP contribution < -0.4 is 10.7 Å². The number of benzene rings is 1. The Morgan fingerprint density at radius 1 is 0.948 bits per heavy atom. The van der Waals surface area contributed by atoms with Crippen molar-refractivity contribution in [1.29, 1.82) is 0 Å². The molecule has 4 saturated heterocycles. The van der Waals surface area contributed by atoms with Crippen molar-refractivity contribution in [3.05, 3.63) is 45.7 Å². The van der Waals surface area contributed by atoms with Crippen LogP contribution in [0.1, 0.15) is 124 Å². The van der Waals surface area contributed by atoms with Crippen molar-refractivity contribution >= 4 is 35.0 Å². The highest BCUT2D eigenvalue weighted by Crippen LogP contribution is 2.42. The van der Waals surface area contributed by atoms with Crippen LogP contribution in [-0.2, 0) is 65.7 Å². The third kappa shape index (κ3) is 14.0. The summed E-state index contributed by atoms with van der Waals surface area (Å²) in [7, 11) is 8.87. The molecular formula is C56H88N4O17. The van der Waals surface area contributed by atoms with Crippen molar-refractivity contribution < 1.29 is 77.1 Å². The zero-order valence-electron chi connectivity index (χ0n) is 47.9. The number of hydrogen-bond acceptors (Lipinski definition) is 19. The number of fused-ring (bicyclic) bond motifs is 2. The number of hydrogen-bond donors (Lipinski definition) is 4. The van der Waals surface area contributed by atoms with Gasteiger partial charge in [-0.05, 0) is 132 Å². The summed E-state index contributed by atoms with van der Waals surface area (Å²) in [5.41, 5.74) is -3.43. The summed E-state index contributed by atoms with van der Waals surface area (Å²) in [6.07, 6.45) is -6.38. The first kappa shape index (κ1) is 61.9. The number of aliphatic hydroxyl groups is 2. The van der Waals surface area contributed by atoms with E-state index in [1.807, 2.05) is 77.7 Å². The minimum atomic E-state index is -1.63. The number of carbonyl (C=O) groups excluding carboxylic acids is 3. The second kappa shape index (κ2) is 25.4. The fourth-order valence-corrected chi connectivity index (χ4v) is 12.3. The Morgan fingerprint density at radius 3 is 2.30 bits per heavy atom. The third-order valence-electron chi connectivity index (χ3n) is 16.7. The van der Waals surface area contributed by atoms with Crippen LogP contribution in [0.5, 0.6) is 0 Å². The maximum atomic E-state index is 14.8. The van der Waals surface area contributed by atoms with Gasteiger partial charge in [0.25, 0.3) is 0 Å². The number of carbonyl (C=O) groups is 4. The lowest BCUT2D eigenvalue weighted by molar-refractivity contribution is -0.318. The van der Waals surface area contributed by atoms with Gasteiger partial charge in [0.2, 0.25) is 5.43 Å². The van der Waals surface area contributed by atoms with E-state index in [1.54, 1.807) is 52.3 Å². The van der Waals surface area contributed by atoms with E-state index < -0.39 is 119 Å². The summed E-state index contributed by atoms with van der Waals surface area (Å²) in [6.45, 7) is 19.4. The third-order valence-corrected chi connectivity index (χ3v) is 16.7. The van der Waals surface area contributed by atoms with Gasteiger partial charge in [-0.15, -0.1) is 0 Å². The molecule has 1 aromatic heterocycles. The fraction of sp³-hybridized carbons (Fsp3) is 0.768. The molecule has 2 aromatic rings. The van der Waals surface area contributed by atoms with E-state index in [4.69, 9.17) is 42.6 Å². The Hall–Kier alpha value is -4.29. The van der Waals surface area contributed by atoms with Crippen LogP contribution in [0.2, 0.25) is 0 Å². The number of carboxylic acids is 1. The summed E-state index contributed by atoms with van der Waals surface area (Å²) in [5, 5.41) is 37.8. The number of nitrogens with zero attached hydrogens (tertiary/aromatic N) is 3. The van der Waals surface area contributed by atoms with E-state index in [2.05, 4.69) is 5.32 Å². The van der Waals surface area contributed by atoms with E-state index in [0.717, 1.165) is 5.56 Å². The predicted molar refractivity (Wildman–Crippen MR) is 283 cm³/mol. The quantitative estimate of drug-likeness (QED) is 0.100. The summed E-state index contributed by atoms with van der Waals surface area (Å²) >= 11 is 0. The zero-order chi connectivity index (χ0) is 57.1. The number of aromatic carboxylic acids is 1. The van der Waals surface area contributed by atoms with Crippen LogP contribution in [-0.4, -0.2) is 192 Å². The van der Waals surface area contributed by atoms with Crippen molar-refractivity contribution in [2.45, 2.75) is 204 Å². The van der Waals surface area contributed by atoms with E-state index in [-0.39, 0.29) is 49.3 Å². The predicted octanol–water partition coefficient (Wildman–Crippen LogP) is 4.80. The lowest BCUT2D eigenvalue weighted by atomic mass is 9.77. The molecule has 0 saturated carbocycles. The zero-order valence-corrected chi connectivity index (χ0v) is 47.9. The molecule has 0 radical (unpaired) electrons. The number of esters is 2. The normalized spacial score (nSPS) is 37.8. The molecule has 4 N–H and O–H groups in total. The first-order valence-corrected chi connectivity index (χ1v) is 27.4. The summed E-state index contributed by atoms with van der Waals surface area (Å²) in [6, 6.07) is 4.73. The van der Waals surface area contributed by atoms with Crippen LogP contribution >= 0.6 is 0 Å². The Kier molecular flexibility index (Phi) is 20.5. The van der Waals surface area contributed by atoms with E-state index in [1.165, 1.54) is 13.3 Å². The van der Waals surface area contributed by atoms with Crippen molar-refractivity contribution in [3.8, 4) is 0 Å². The summed E-state index contributed by atoms with van der Waals surface area (Å²) in [4.78, 5) is 69.7. The van der Waals surface area contributed by atoms with E-state index >= 15 is 0 Å². The van der Waals surface area contributed by atoms with E-state index in [9.17, 15) is 39.3 Å². The molecule has 4 aliphatic heterocycles. The highest BCUT2D eigenvalue weighted by atomic mass is 16.8. The van der Waals surface area contributed by atoms with E-state index in [0.29, 0.717) is 49.8 Å². The largest absolute Gasteiger partial charge is 0.509 e. The van der Waals surface area contributed by atoms with Crippen LogP contribution in [0.25, 0.3) is 10.9 Å². The molecule has 1 aromatic carbocycles. The Bertz CT molecular complexity index is 2440. The standard InChI is InChI=1S/C56H88N4O17/c1-16-41-56(10)48(76-53(67)77-56)34(6)59(13)28-30(2)26-54(8,68)47(75-52-45(63)40(58(11)12)24-31(3)70-52)32(4)46(33(5)51(66)72-41)74-43-27-55(9,69-15)49(35(7)71-43)73-42(61)21-23-57-22-17-18-36-19-20-39-37(25-36)44(62)38(50(64)65)29-60(39)14/h19-20,25,29-35,40-41,43,45-49,52,57,63,68H,16-18,21-24,26-28H2,1-15H3,(H,64,65)/t30-,31-,32-,33-,34-,35+,40+,41+,43+,45+,46+,47-,48?,49+,52?,54?,55?,56?/m1/s1. The molecule has 5 heterocycles. The molecule has 21 heteroatoms. The molecule has 0 spiro atoms. The first-order chi connectivity index (χ1) is 36.0. The molecule has 5 unspecified atom stereocenters. The minimum Gasteiger partial charge on any atom is -0.477 e. The highest BCUT2D eigenvalue weighted by Gasteiger charge is 2.58. The smallest absolute Gasteiger partial charge is 0.477 e. The van der Waals surface area contributed by atoms with Gasteiger partial charge >= 0.3 is 24.1 Å². The molecular weight excluding hydrogens is 1000 g/mol. The molecule has 6 rings (SSSR count). The number of pyridine rings is 1. The molecule has 77 heavy (non-hydrogen) atoms. The van der Waals surface area contributed by atoms with Crippen molar-refractivity contribution in [2.75, 3.05) is 47.9 Å². The lowest BCUT2D eigenvalue weighted by Gasteiger charge is -2.49. The maximum absolute atomic E-state index is 14.8. The minimum absolute atomic E-state index is 0.0403. The number of cyclic esters (lactones) is 1.